The van der Waals surface area contributed by atoms with Crippen LogP contribution in [-0.2, 0) is 19.1 Å². The number of carbonyl (C=O) groups is 2. The lowest BCUT2D eigenvalue weighted by Crippen LogP contribution is -2.28. The number of unbranched alkanes of at least 4 members (excludes halogenated alkanes) is 7. The predicted molar refractivity (Wildman–Crippen MR) is 200 cm³/mol. The van der Waals surface area contributed by atoms with Gasteiger partial charge in [-0.25, -0.2) is 0 Å². The summed E-state index contributed by atoms with van der Waals surface area (Å²) in [5.41, 5.74) is 0. The summed E-state index contributed by atoms with van der Waals surface area (Å²) in [6.07, 6.45) is 51.8. The van der Waals surface area contributed by atoms with Gasteiger partial charge in [-0.3, -0.25) is 9.59 Å². The standard InChI is InChI=1S/C42H66O5/c1-3-5-7-9-11-13-15-17-19-20-21-22-23-25-27-29-31-33-35-37-42(45)47-40(38-43)39-46-41(44)36-34-32-30-28-26-24-18-16-14-12-10-8-6-4-2/h5,7,10-13,16-19,21-22,25,27,31,33,40,43H,3-4,6,8-9,14-15,20,23-24,26,28-30,32,34-39H2,1-2H3/b7-5+,12-10+,13-11+,18-16+,19-17+,22-21+,27-25+,33-31+/t40-/m0/s1. The first-order valence-electron chi connectivity index (χ1n) is 18.3. The molecular weight excluding hydrogens is 584 g/mol. The van der Waals surface area contributed by atoms with Crippen LogP contribution in [0.15, 0.2) is 97.2 Å². The fourth-order valence-corrected chi connectivity index (χ4v) is 4.36. The Kier molecular flexibility index (Phi) is 34.8. The highest BCUT2D eigenvalue weighted by atomic mass is 16.6. The maximum Gasteiger partial charge on any atom is 0.306 e. The monoisotopic (exact) mass is 650 g/mol. The van der Waals surface area contributed by atoms with Crippen molar-refractivity contribution in [1.82, 2.24) is 0 Å². The van der Waals surface area contributed by atoms with Crippen LogP contribution in [-0.4, -0.2) is 36.4 Å². The van der Waals surface area contributed by atoms with Crippen molar-refractivity contribution in [2.24, 2.45) is 0 Å². The third kappa shape index (κ3) is 35.5. The Balaban J connectivity index is 3.78. The van der Waals surface area contributed by atoms with E-state index in [0.29, 0.717) is 12.8 Å². The molecule has 0 saturated heterocycles. The van der Waals surface area contributed by atoms with Gasteiger partial charge in [0.2, 0.25) is 0 Å². The molecule has 0 saturated carbocycles. The van der Waals surface area contributed by atoms with Gasteiger partial charge in [-0.05, 0) is 77.0 Å². The van der Waals surface area contributed by atoms with Gasteiger partial charge in [0.1, 0.15) is 6.61 Å². The Morgan fingerprint density at radius 1 is 0.511 bits per heavy atom. The molecule has 0 aromatic rings. The van der Waals surface area contributed by atoms with Crippen molar-refractivity contribution in [3.63, 3.8) is 0 Å². The number of carbonyl (C=O) groups excluding carboxylic acids is 2. The van der Waals surface area contributed by atoms with Gasteiger partial charge in [0.05, 0.1) is 6.61 Å². The van der Waals surface area contributed by atoms with Gasteiger partial charge >= 0.3 is 11.9 Å². The van der Waals surface area contributed by atoms with E-state index >= 15 is 0 Å². The average Bonchev–Trinajstić information content (AvgIpc) is 3.07. The minimum atomic E-state index is -0.823. The van der Waals surface area contributed by atoms with Crippen LogP contribution < -0.4 is 0 Å². The van der Waals surface area contributed by atoms with Crippen LogP contribution in [0.1, 0.15) is 136 Å². The van der Waals surface area contributed by atoms with E-state index in [2.05, 4.69) is 98.9 Å². The Morgan fingerprint density at radius 3 is 1.47 bits per heavy atom. The molecule has 0 aliphatic heterocycles. The molecule has 1 atom stereocenters. The molecule has 0 aliphatic carbocycles. The number of allylic oxidation sites excluding steroid dienone is 16. The van der Waals surface area contributed by atoms with Gasteiger partial charge in [-0.1, -0.05) is 143 Å². The average molecular weight is 651 g/mol. The van der Waals surface area contributed by atoms with Crippen LogP contribution in [0.4, 0.5) is 0 Å². The molecule has 0 heterocycles. The third-order valence-electron chi connectivity index (χ3n) is 7.13. The van der Waals surface area contributed by atoms with Gasteiger partial charge in [0.15, 0.2) is 6.10 Å². The highest BCUT2D eigenvalue weighted by Gasteiger charge is 2.15. The number of esters is 2. The fourth-order valence-electron chi connectivity index (χ4n) is 4.36. The van der Waals surface area contributed by atoms with E-state index in [0.717, 1.165) is 77.0 Å². The minimum absolute atomic E-state index is 0.110. The number of aliphatic hydroxyl groups is 1. The molecule has 1 N–H and O–H groups in total. The Hall–Kier alpha value is -3.18. The first-order valence-corrected chi connectivity index (χ1v) is 18.3. The van der Waals surface area contributed by atoms with Crippen LogP contribution in [0.3, 0.4) is 0 Å². The lowest BCUT2D eigenvalue weighted by atomic mass is 10.1. The lowest BCUT2D eigenvalue weighted by Gasteiger charge is -2.15. The van der Waals surface area contributed by atoms with E-state index < -0.39 is 12.1 Å². The topological polar surface area (TPSA) is 72.8 Å². The highest BCUT2D eigenvalue weighted by Crippen LogP contribution is 2.09. The number of rotatable bonds is 31. The van der Waals surface area contributed by atoms with Crippen LogP contribution in [0, 0.1) is 0 Å². The van der Waals surface area contributed by atoms with Crippen molar-refractivity contribution in [3.05, 3.63) is 97.2 Å². The first-order chi connectivity index (χ1) is 23.1. The second-order valence-corrected chi connectivity index (χ2v) is 11.6. The molecule has 0 spiro atoms. The Bertz CT molecular complexity index is 964. The van der Waals surface area contributed by atoms with Crippen molar-refractivity contribution in [2.75, 3.05) is 13.2 Å². The van der Waals surface area contributed by atoms with E-state index in [1.165, 1.54) is 25.7 Å². The summed E-state index contributed by atoms with van der Waals surface area (Å²) in [6.45, 7) is 3.88. The molecule has 47 heavy (non-hydrogen) atoms. The summed E-state index contributed by atoms with van der Waals surface area (Å²) in [7, 11) is 0. The molecule has 0 radical (unpaired) electrons. The minimum Gasteiger partial charge on any atom is -0.462 e. The van der Waals surface area contributed by atoms with Crippen LogP contribution in [0.2, 0.25) is 0 Å². The maximum absolute atomic E-state index is 12.1. The number of ether oxygens (including phenoxy) is 2. The van der Waals surface area contributed by atoms with Gasteiger partial charge in [0.25, 0.3) is 0 Å². The molecule has 5 nitrogen and oxygen atoms in total. The summed E-state index contributed by atoms with van der Waals surface area (Å²) < 4.78 is 10.5. The molecule has 264 valence electrons. The second-order valence-electron chi connectivity index (χ2n) is 11.6. The summed E-state index contributed by atoms with van der Waals surface area (Å²) in [4.78, 5) is 24.2. The van der Waals surface area contributed by atoms with Gasteiger partial charge in [-0.2, -0.15) is 0 Å². The van der Waals surface area contributed by atoms with Crippen LogP contribution >= 0.6 is 0 Å². The van der Waals surface area contributed by atoms with Crippen molar-refractivity contribution in [3.8, 4) is 0 Å². The number of hydrogen-bond acceptors (Lipinski definition) is 5. The highest BCUT2D eigenvalue weighted by molar-refractivity contribution is 5.70. The molecule has 0 rings (SSSR count). The Labute approximate surface area is 288 Å². The second kappa shape index (κ2) is 37.3. The third-order valence-corrected chi connectivity index (χ3v) is 7.13. The molecule has 0 unspecified atom stereocenters. The van der Waals surface area contributed by atoms with Crippen molar-refractivity contribution >= 4 is 11.9 Å². The van der Waals surface area contributed by atoms with E-state index in [9.17, 15) is 14.7 Å². The predicted octanol–water partition coefficient (Wildman–Crippen LogP) is 11.3. The largest absolute Gasteiger partial charge is 0.462 e. The van der Waals surface area contributed by atoms with Gasteiger partial charge < -0.3 is 14.6 Å². The van der Waals surface area contributed by atoms with Crippen molar-refractivity contribution < 1.29 is 24.2 Å². The summed E-state index contributed by atoms with van der Waals surface area (Å²) in [5, 5.41) is 9.52. The quantitative estimate of drug-likeness (QED) is 0.0459. The van der Waals surface area contributed by atoms with Crippen molar-refractivity contribution in [1.29, 1.82) is 0 Å². The number of aliphatic hydroxyl groups excluding tert-OH is 1. The summed E-state index contributed by atoms with van der Waals surface area (Å²) in [5.74, 6) is -0.717. The Morgan fingerprint density at radius 2 is 0.957 bits per heavy atom. The normalized spacial score (nSPS) is 13.3. The SMILES string of the molecule is CC/C=C/C/C=C/C/C=C/C/C=C/C/C=C/C/C=C/CCC(=O)O[C@@H](CO)COC(=O)CCCCCCC/C=C/C/C=C/CCCC. The molecule has 0 fully saturated rings. The van der Waals surface area contributed by atoms with E-state index in [4.69, 9.17) is 9.47 Å². The molecule has 0 bridgehead atoms. The fraction of sp³-hybridized carbons (Fsp3) is 0.571. The molecule has 0 aromatic carbocycles. The zero-order chi connectivity index (χ0) is 34.3. The summed E-state index contributed by atoms with van der Waals surface area (Å²) in [6, 6.07) is 0. The first kappa shape index (κ1) is 43.8. The van der Waals surface area contributed by atoms with Crippen molar-refractivity contribution in [2.45, 2.75) is 142 Å². The maximum atomic E-state index is 12.1. The molecule has 0 aliphatic rings. The zero-order valence-electron chi connectivity index (χ0n) is 29.7. The van der Waals surface area contributed by atoms with E-state index in [1.54, 1.807) is 0 Å². The van der Waals surface area contributed by atoms with Crippen LogP contribution in [0.25, 0.3) is 0 Å². The molecule has 0 amide bonds. The lowest BCUT2D eigenvalue weighted by molar-refractivity contribution is -0.161. The van der Waals surface area contributed by atoms with E-state index in [1.807, 2.05) is 12.2 Å². The van der Waals surface area contributed by atoms with Crippen LogP contribution in [0.5, 0.6) is 0 Å². The molecule has 5 heteroatoms. The van der Waals surface area contributed by atoms with E-state index in [-0.39, 0.29) is 25.6 Å². The van der Waals surface area contributed by atoms with Gasteiger partial charge in [0, 0.05) is 12.8 Å². The molecular formula is C42H66O5. The smallest absolute Gasteiger partial charge is 0.306 e. The number of hydrogen-bond donors (Lipinski definition) is 1. The zero-order valence-corrected chi connectivity index (χ0v) is 29.7. The van der Waals surface area contributed by atoms with Gasteiger partial charge in [-0.15, -0.1) is 0 Å². The summed E-state index contributed by atoms with van der Waals surface area (Å²) >= 11 is 0. The molecule has 0 aromatic heterocycles.